The van der Waals surface area contributed by atoms with Crippen LogP contribution in [0.15, 0.2) is 83.9 Å². The molecule has 6 rings (SSSR count). The molecule has 13 nitrogen and oxygen atoms in total. The molecule has 2 fully saturated rings. The molecule has 2 saturated heterocycles. The smallest absolute Gasteiger partial charge is 0.249 e. The number of carbonyl (C=O) groups is 2. The van der Waals surface area contributed by atoms with Crippen LogP contribution in [0.3, 0.4) is 0 Å². The van der Waals surface area contributed by atoms with Crippen molar-refractivity contribution in [3.63, 3.8) is 0 Å². The summed E-state index contributed by atoms with van der Waals surface area (Å²) in [5, 5.41) is 12.3. The molecule has 0 radical (unpaired) electrons. The zero-order valence-corrected chi connectivity index (χ0v) is 31.8. The van der Waals surface area contributed by atoms with Gasteiger partial charge >= 0.3 is 0 Å². The highest BCUT2D eigenvalue weighted by Gasteiger charge is 2.28. The lowest BCUT2D eigenvalue weighted by atomic mass is 10.0. The summed E-state index contributed by atoms with van der Waals surface area (Å²) in [6.45, 7) is 9.93. The molecule has 0 aliphatic carbocycles. The lowest BCUT2D eigenvalue weighted by Gasteiger charge is -2.38. The van der Waals surface area contributed by atoms with Crippen molar-refractivity contribution >= 4 is 56.4 Å². The molecule has 3 heterocycles. The van der Waals surface area contributed by atoms with E-state index in [4.69, 9.17) is 0 Å². The maximum absolute atomic E-state index is 12.9. The summed E-state index contributed by atoms with van der Waals surface area (Å²) in [4.78, 5) is 38.0. The summed E-state index contributed by atoms with van der Waals surface area (Å²) < 4.78 is 28.5. The zero-order chi connectivity index (χ0) is 37.8. The maximum atomic E-state index is 12.9. The zero-order valence-electron chi connectivity index (χ0n) is 30.9. The molecule has 0 bridgehead atoms. The van der Waals surface area contributed by atoms with E-state index in [1.165, 1.54) is 0 Å². The van der Waals surface area contributed by atoms with E-state index in [9.17, 15) is 18.0 Å². The second kappa shape index (κ2) is 15.9. The minimum atomic E-state index is -3.69. The van der Waals surface area contributed by atoms with Crippen LogP contribution in [-0.2, 0) is 26.2 Å². The Labute approximate surface area is 312 Å². The molecule has 3 aromatic carbocycles. The maximum Gasteiger partial charge on any atom is 0.249 e. The van der Waals surface area contributed by atoms with Crippen molar-refractivity contribution in [3.05, 3.63) is 90.1 Å². The summed E-state index contributed by atoms with van der Waals surface area (Å²) >= 11 is 0. The van der Waals surface area contributed by atoms with Crippen LogP contribution in [-0.4, -0.2) is 72.9 Å². The van der Waals surface area contributed by atoms with Crippen LogP contribution in [0.1, 0.15) is 57.6 Å². The van der Waals surface area contributed by atoms with Crippen molar-refractivity contribution < 1.29 is 18.0 Å². The minimum Gasteiger partial charge on any atom is -0.373 e. The number of nitrogens with one attached hydrogen (secondary N) is 5. The quantitative estimate of drug-likeness (QED) is 0.114. The van der Waals surface area contributed by atoms with Gasteiger partial charge in [-0.2, -0.15) is 4.98 Å². The van der Waals surface area contributed by atoms with Crippen LogP contribution < -0.4 is 30.9 Å². The first-order chi connectivity index (χ1) is 25.2. The van der Waals surface area contributed by atoms with Gasteiger partial charge in [-0.3, -0.25) is 19.8 Å². The van der Waals surface area contributed by atoms with Crippen LogP contribution in [0.4, 0.5) is 34.5 Å². The van der Waals surface area contributed by atoms with Gasteiger partial charge in [0, 0.05) is 72.1 Å². The van der Waals surface area contributed by atoms with Gasteiger partial charge in [-0.1, -0.05) is 24.3 Å². The summed E-state index contributed by atoms with van der Waals surface area (Å²) in [5.74, 6) is 0.503. The van der Waals surface area contributed by atoms with Gasteiger partial charge in [-0.25, -0.2) is 18.1 Å². The molecule has 1 atom stereocenters. The summed E-state index contributed by atoms with van der Waals surface area (Å²) in [7, 11) is -1.53. The third-order valence-corrected chi connectivity index (χ3v) is 11.2. The number of aromatic nitrogens is 2. The van der Waals surface area contributed by atoms with Crippen LogP contribution in [0, 0.1) is 6.92 Å². The SMILES string of the molecule is Cc1cnc(Nc2ccc(N3CCC(N(C)Cc4ccccc4NC4CCC(=O)NC4=O)CC3)cc2)nc1Nc1cccc(S(=O)(=O)NC(C)(C)C)c1. The first-order valence-corrected chi connectivity index (χ1v) is 19.5. The van der Waals surface area contributed by atoms with Crippen molar-refractivity contribution in [2.75, 3.05) is 41.0 Å². The van der Waals surface area contributed by atoms with Gasteiger partial charge in [0.25, 0.3) is 0 Å². The second-order valence-corrected chi connectivity index (χ2v) is 16.5. The molecule has 4 aromatic rings. The van der Waals surface area contributed by atoms with Crippen LogP contribution >= 0.6 is 0 Å². The fourth-order valence-corrected chi connectivity index (χ4v) is 8.10. The normalized spacial score (nSPS) is 17.1. The Balaban J connectivity index is 1.02. The number of anilines is 6. The van der Waals surface area contributed by atoms with Gasteiger partial charge in [-0.15, -0.1) is 0 Å². The number of sulfonamides is 1. The number of hydrogen-bond acceptors (Lipinski definition) is 11. The summed E-state index contributed by atoms with van der Waals surface area (Å²) in [6, 6.07) is 23.0. The molecule has 0 spiro atoms. The van der Waals surface area contributed by atoms with E-state index in [0.717, 1.165) is 60.7 Å². The highest BCUT2D eigenvalue weighted by atomic mass is 32.2. The van der Waals surface area contributed by atoms with Crippen molar-refractivity contribution in [3.8, 4) is 0 Å². The molecule has 5 N–H and O–H groups in total. The number of carbonyl (C=O) groups excluding carboxylic acids is 2. The molecule has 0 saturated carbocycles. The average molecular weight is 740 g/mol. The van der Waals surface area contributed by atoms with Gasteiger partial charge in [-0.05, 0) is 108 Å². The first-order valence-electron chi connectivity index (χ1n) is 18.0. The Morgan fingerprint density at radius 3 is 2.38 bits per heavy atom. The lowest BCUT2D eigenvalue weighted by molar-refractivity contribution is -0.133. The molecule has 2 aliphatic heterocycles. The fraction of sp³-hybridized carbons (Fsp3) is 0.385. The summed E-state index contributed by atoms with van der Waals surface area (Å²) in [5.41, 5.74) is 4.86. The number of imide groups is 1. The molecular formula is C39H49N9O4S. The van der Waals surface area contributed by atoms with Crippen LogP contribution in [0.2, 0.25) is 0 Å². The van der Waals surface area contributed by atoms with E-state index in [0.29, 0.717) is 36.3 Å². The number of para-hydroxylation sites is 1. The Bertz CT molecular complexity index is 2040. The number of piperidine rings is 2. The van der Waals surface area contributed by atoms with Crippen molar-refractivity contribution in [1.82, 2.24) is 24.9 Å². The minimum absolute atomic E-state index is 0.168. The van der Waals surface area contributed by atoms with E-state index in [1.54, 1.807) is 51.2 Å². The van der Waals surface area contributed by atoms with Gasteiger partial charge < -0.3 is 20.9 Å². The molecule has 1 aromatic heterocycles. The Morgan fingerprint density at radius 1 is 0.925 bits per heavy atom. The first kappa shape index (κ1) is 37.7. The predicted octanol–water partition coefficient (Wildman–Crippen LogP) is 5.67. The number of aryl methyl sites for hydroxylation is 1. The van der Waals surface area contributed by atoms with Crippen molar-refractivity contribution in [2.45, 2.75) is 82.4 Å². The molecule has 1 unspecified atom stereocenters. The van der Waals surface area contributed by atoms with E-state index < -0.39 is 21.6 Å². The third kappa shape index (κ3) is 9.89. The number of hydrogen-bond donors (Lipinski definition) is 5. The highest BCUT2D eigenvalue weighted by Crippen LogP contribution is 2.28. The van der Waals surface area contributed by atoms with Crippen LogP contribution in [0.5, 0.6) is 0 Å². The monoisotopic (exact) mass is 739 g/mol. The third-order valence-electron chi connectivity index (χ3n) is 9.40. The predicted molar refractivity (Wildman–Crippen MR) is 209 cm³/mol. The largest absolute Gasteiger partial charge is 0.373 e. The fourth-order valence-electron chi connectivity index (χ4n) is 6.63. The Morgan fingerprint density at radius 2 is 1.66 bits per heavy atom. The van der Waals surface area contributed by atoms with Crippen molar-refractivity contribution in [2.24, 2.45) is 0 Å². The lowest BCUT2D eigenvalue weighted by Crippen LogP contribution is -2.47. The summed E-state index contributed by atoms with van der Waals surface area (Å²) in [6.07, 6.45) is 4.60. The molecular weight excluding hydrogens is 691 g/mol. The van der Waals surface area contributed by atoms with Crippen molar-refractivity contribution in [1.29, 1.82) is 0 Å². The average Bonchev–Trinajstić information content (AvgIpc) is 3.11. The van der Waals surface area contributed by atoms with Gasteiger partial charge in [0.05, 0.1) is 4.90 Å². The van der Waals surface area contributed by atoms with Gasteiger partial charge in [0.2, 0.25) is 27.8 Å². The van der Waals surface area contributed by atoms with Gasteiger partial charge in [0.1, 0.15) is 11.9 Å². The number of benzene rings is 3. The Kier molecular flexibility index (Phi) is 11.3. The molecule has 2 aliphatic rings. The molecule has 2 amide bonds. The number of rotatable bonds is 12. The second-order valence-electron chi connectivity index (χ2n) is 14.8. The number of amides is 2. The standard InChI is InChI=1S/C39H49N9O4S/c1-26-24-40-38(45-36(26)41-29-10-8-11-32(23-29)53(51,52)46-39(2,3)4)42-28-13-15-31(16-14-28)48-21-19-30(20-22-48)47(5)25-27-9-6-7-12-33(27)43-34-17-18-35(49)44-37(34)50/h6-16,23-24,30,34,43,46H,17-22,25H2,1-5H3,(H,44,49,50)(H2,40,41,42,45). The topological polar surface area (TPSA) is 161 Å². The highest BCUT2D eigenvalue weighted by molar-refractivity contribution is 7.89. The molecule has 280 valence electrons. The van der Waals surface area contributed by atoms with E-state index in [1.807, 2.05) is 37.3 Å². The van der Waals surface area contributed by atoms with Crippen LogP contribution in [0.25, 0.3) is 0 Å². The van der Waals surface area contributed by atoms with E-state index >= 15 is 0 Å². The molecule has 53 heavy (non-hydrogen) atoms. The van der Waals surface area contributed by atoms with E-state index in [-0.39, 0.29) is 16.7 Å². The number of nitrogens with zero attached hydrogens (tertiary/aromatic N) is 4. The Hall–Kier alpha value is -5.05. The molecule has 14 heteroatoms. The van der Waals surface area contributed by atoms with Gasteiger partial charge in [0.15, 0.2) is 0 Å². The van der Waals surface area contributed by atoms with E-state index in [2.05, 4.69) is 71.0 Å².